The van der Waals surface area contributed by atoms with Gasteiger partial charge in [0.25, 0.3) is 0 Å². The molecule has 1 aliphatic heterocycles. The second-order valence-corrected chi connectivity index (χ2v) is 9.85. The minimum Gasteiger partial charge on any atom is -0.490 e. The van der Waals surface area contributed by atoms with Crippen LogP contribution in [0.15, 0.2) is 107 Å². The van der Waals surface area contributed by atoms with E-state index in [4.69, 9.17) is 24.7 Å². The van der Waals surface area contributed by atoms with Crippen LogP contribution in [0, 0.1) is 11.3 Å². The van der Waals surface area contributed by atoms with Gasteiger partial charge in [-0.25, -0.2) is 4.79 Å². The summed E-state index contributed by atoms with van der Waals surface area (Å²) in [7, 11) is 0. The van der Waals surface area contributed by atoms with Gasteiger partial charge in [0.05, 0.1) is 18.1 Å². The maximum atomic E-state index is 12.6. The molecule has 0 saturated carbocycles. The largest absolute Gasteiger partial charge is 0.490 e. The van der Waals surface area contributed by atoms with Crippen molar-refractivity contribution in [1.29, 1.82) is 5.26 Å². The number of halogens is 1. The lowest BCUT2D eigenvalue weighted by Gasteiger charge is -2.27. The van der Waals surface area contributed by atoms with E-state index >= 15 is 0 Å². The van der Waals surface area contributed by atoms with Crippen molar-refractivity contribution < 1.29 is 23.7 Å². The molecule has 0 fully saturated rings. The summed E-state index contributed by atoms with van der Waals surface area (Å²) in [6, 6.07) is 29.5. The Kier molecular flexibility index (Phi) is 8.04. The molecule has 0 aliphatic carbocycles. The molecule has 5 rings (SSSR count). The van der Waals surface area contributed by atoms with Gasteiger partial charge in [-0.15, -0.1) is 0 Å². The number of hydrogen-bond donors (Lipinski definition) is 1. The molecule has 0 saturated heterocycles. The van der Waals surface area contributed by atoms with Crippen molar-refractivity contribution in [2.45, 2.75) is 19.4 Å². The molecule has 7 nitrogen and oxygen atoms in total. The van der Waals surface area contributed by atoms with Crippen LogP contribution in [0.3, 0.4) is 0 Å². The molecule has 0 bridgehead atoms. The first kappa shape index (κ1) is 26.9. The van der Waals surface area contributed by atoms with Crippen LogP contribution in [0.4, 0.5) is 0 Å². The molecule has 0 amide bonds. The van der Waals surface area contributed by atoms with Crippen LogP contribution in [0.2, 0.25) is 0 Å². The van der Waals surface area contributed by atoms with E-state index in [0.717, 1.165) is 15.6 Å². The molecular weight excluding hydrogens is 572 g/mol. The molecular formula is C32H25BrN2O5. The number of allylic oxidation sites excluding steroid dienone is 1. The molecule has 8 heteroatoms. The zero-order chi connectivity index (χ0) is 28.1. The first-order valence-corrected chi connectivity index (χ1v) is 13.4. The quantitative estimate of drug-likeness (QED) is 0.175. The van der Waals surface area contributed by atoms with Gasteiger partial charge in [-0.3, -0.25) is 0 Å². The van der Waals surface area contributed by atoms with Gasteiger partial charge in [-0.05, 0) is 60.5 Å². The SMILES string of the molecule is CCOc1cc(C2C(C#N)=C(N)Oc3cc(OC(=O)c4ccc(Br)cc4)ccc32)ccc1OCc1ccccc1. The van der Waals surface area contributed by atoms with E-state index in [1.165, 1.54) is 0 Å². The number of benzene rings is 4. The summed E-state index contributed by atoms with van der Waals surface area (Å²) in [5, 5.41) is 9.98. The molecule has 0 aromatic heterocycles. The third kappa shape index (κ3) is 5.80. The molecule has 0 radical (unpaired) electrons. The van der Waals surface area contributed by atoms with E-state index in [0.29, 0.717) is 47.3 Å². The molecule has 4 aromatic rings. The molecule has 40 heavy (non-hydrogen) atoms. The van der Waals surface area contributed by atoms with Crippen LogP contribution in [-0.4, -0.2) is 12.6 Å². The second kappa shape index (κ2) is 12.0. The lowest BCUT2D eigenvalue weighted by molar-refractivity contribution is 0.0734. The molecule has 1 atom stereocenters. The van der Waals surface area contributed by atoms with Gasteiger partial charge in [-0.2, -0.15) is 5.26 Å². The van der Waals surface area contributed by atoms with Gasteiger partial charge in [0.15, 0.2) is 11.5 Å². The summed E-state index contributed by atoms with van der Waals surface area (Å²) in [5.41, 5.74) is 9.39. The highest BCUT2D eigenvalue weighted by molar-refractivity contribution is 9.10. The Morgan fingerprint density at radius 1 is 0.975 bits per heavy atom. The van der Waals surface area contributed by atoms with Crippen molar-refractivity contribution in [2.24, 2.45) is 5.73 Å². The molecule has 4 aromatic carbocycles. The van der Waals surface area contributed by atoms with E-state index < -0.39 is 11.9 Å². The van der Waals surface area contributed by atoms with E-state index in [1.54, 1.807) is 42.5 Å². The van der Waals surface area contributed by atoms with Crippen molar-refractivity contribution in [3.05, 3.63) is 129 Å². The average molecular weight is 597 g/mol. The number of esters is 1. The first-order chi connectivity index (χ1) is 19.5. The zero-order valence-electron chi connectivity index (χ0n) is 21.6. The molecule has 1 aliphatic rings. The molecule has 1 heterocycles. The Morgan fingerprint density at radius 2 is 1.75 bits per heavy atom. The zero-order valence-corrected chi connectivity index (χ0v) is 23.2. The topological polar surface area (TPSA) is 104 Å². The lowest BCUT2D eigenvalue weighted by Crippen LogP contribution is -2.21. The number of rotatable bonds is 8. The van der Waals surface area contributed by atoms with Crippen LogP contribution < -0.4 is 24.7 Å². The summed E-state index contributed by atoms with van der Waals surface area (Å²) < 4.78 is 24.2. The fourth-order valence-electron chi connectivity index (χ4n) is 4.42. The summed E-state index contributed by atoms with van der Waals surface area (Å²) in [6.07, 6.45) is 0. The van der Waals surface area contributed by atoms with Gasteiger partial charge >= 0.3 is 5.97 Å². The molecule has 1 unspecified atom stereocenters. The summed E-state index contributed by atoms with van der Waals surface area (Å²) in [5.74, 6) is 0.787. The van der Waals surface area contributed by atoms with E-state index in [2.05, 4.69) is 22.0 Å². The minimum atomic E-state index is -0.521. The smallest absolute Gasteiger partial charge is 0.343 e. The van der Waals surface area contributed by atoms with Crippen molar-refractivity contribution in [2.75, 3.05) is 6.61 Å². The van der Waals surface area contributed by atoms with Gasteiger partial charge in [0.1, 0.15) is 29.7 Å². The van der Waals surface area contributed by atoms with Crippen LogP contribution >= 0.6 is 15.9 Å². The minimum absolute atomic E-state index is 0.0150. The Balaban J connectivity index is 1.45. The predicted octanol–water partition coefficient (Wildman–Crippen LogP) is 6.86. The van der Waals surface area contributed by atoms with Gasteiger partial charge in [-0.1, -0.05) is 58.4 Å². The number of nitriles is 1. The highest BCUT2D eigenvalue weighted by Crippen LogP contribution is 2.45. The number of fused-ring (bicyclic) bond motifs is 1. The van der Waals surface area contributed by atoms with Crippen LogP contribution in [0.1, 0.15) is 39.9 Å². The molecule has 0 spiro atoms. The van der Waals surface area contributed by atoms with E-state index in [9.17, 15) is 10.1 Å². The normalized spacial score (nSPS) is 14.0. The molecule has 200 valence electrons. The number of hydrogen-bond acceptors (Lipinski definition) is 7. The Morgan fingerprint density at radius 3 is 2.48 bits per heavy atom. The lowest BCUT2D eigenvalue weighted by atomic mass is 9.83. The maximum absolute atomic E-state index is 12.6. The number of carbonyl (C=O) groups is 1. The number of nitrogens with two attached hydrogens (primary N) is 1. The third-order valence-corrected chi connectivity index (χ3v) is 6.85. The average Bonchev–Trinajstić information content (AvgIpc) is 2.96. The number of ether oxygens (including phenoxy) is 4. The van der Waals surface area contributed by atoms with E-state index in [1.807, 2.05) is 55.5 Å². The van der Waals surface area contributed by atoms with Crippen molar-refractivity contribution >= 4 is 21.9 Å². The summed E-state index contributed by atoms with van der Waals surface area (Å²) in [4.78, 5) is 12.6. The molecule has 2 N–H and O–H groups in total. The Hall–Kier alpha value is -4.74. The maximum Gasteiger partial charge on any atom is 0.343 e. The van der Waals surface area contributed by atoms with Crippen LogP contribution in [0.5, 0.6) is 23.0 Å². The highest BCUT2D eigenvalue weighted by atomic mass is 79.9. The monoisotopic (exact) mass is 596 g/mol. The first-order valence-electron chi connectivity index (χ1n) is 12.6. The number of nitrogens with zero attached hydrogens (tertiary/aromatic N) is 1. The van der Waals surface area contributed by atoms with Gasteiger partial charge in [0, 0.05) is 16.1 Å². The standard InChI is InChI=1S/C32H25BrN2O5/c1-2-37-29-16-22(10-15-27(29)38-19-20-6-4-3-5-7-20)30-25-14-13-24(17-28(25)40-31(35)26(30)18-34)39-32(36)21-8-11-23(33)12-9-21/h3-17,30H,2,19,35H2,1H3. The summed E-state index contributed by atoms with van der Waals surface area (Å²) in [6.45, 7) is 2.72. The van der Waals surface area contributed by atoms with Crippen molar-refractivity contribution in [3.63, 3.8) is 0 Å². The number of carbonyl (C=O) groups excluding carboxylic acids is 1. The highest BCUT2D eigenvalue weighted by Gasteiger charge is 2.32. The predicted molar refractivity (Wildman–Crippen MR) is 153 cm³/mol. The Labute approximate surface area is 240 Å². The van der Waals surface area contributed by atoms with Crippen LogP contribution in [0.25, 0.3) is 0 Å². The van der Waals surface area contributed by atoms with Gasteiger partial charge in [0.2, 0.25) is 5.88 Å². The fourth-order valence-corrected chi connectivity index (χ4v) is 4.69. The Bertz CT molecular complexity index is 1610. The van der Waals surface area contributed by atoms with Crippen molar-refractivity contribution in [3.8, 4) is 29.1 Å². The second-order valence-electron chi connectivity index (χ2n) is 8.93. The van der Waals surface area contributed by atoms with Crippen molar-refractivity contribution in [1.82, 2.24) is 0 Å². The van der Waals surface area contributed by atoms with Crippen LogP contribution in [-0.2, 0) is 6.61 Å². The summed E-state index contributed by atoms with van der Waals surface area (Å²) >= 11 is 3.36. The third-order valence-electron chi connectivity index (χ3n) is 6.32. The van der Waals surface area contributed by atoms with E-state index in [-0.39, 0.29) is 11.5 Å². The fraction of sp³-hybridized carbons (Fsp3) is 0.125. The van der Waals surface area contributed by atoms with Gasteiger partial charge < -0.3 is 24.7 Å².